The van der Waals surface area contributed by atoms with Crippen molar-refractivity contribution >= 4 is 5.91 Å². The highest BCUT2D eigenvalue weighted by Gasteiger charge is 2.23. The predicted molar refractivity (Wildman–Crippen MR) is 77.8 cm³/mol. The van der Waals surface area contributed by atoms with E-state index in [1.807, 2.05) is 18.7 Å². The van der Waals surface area contributed by atoms with E-state index in [2.05, 4.69) is 5.32 Å². The minimum Gasteiger partial charge on any atom is -0.335 e. The summed E-state index contributed by atoms with van der Waals surface area (Å²) in [5.41, 5.74) is 0.962. The van der Waals surface area contributed by atoms with E-state index in [4.69, 9.17) is 0 Å². The molecule has 1 aliphatic rings. The summed E-state index contributed by atoms with van der Waals surface area (Å²) in [5, 5.41) is 3.23. The maximum absolute atomic E-state index is 12.9. The van der Waals surface area contributed by atoms with Crippen LogP contribution in [-0.4, -0.2) is 30.4 Å². The van der Waals surface area contributed by atoms with E-state index in [-0.39, 0.29) is 17.8 Å². The Morgan fingerprint density at radius 2 is 2.05 bits per heavy atom. The van der Waals surface area contributed by atoms with Gasteiger partial charge in [0.1, 0.15) is 5.82 Å². The number of nitrogens with zero attached hydrogens (tertiary/aromatic N) is 1. The van der Waals surface area contributed by atoms with Crippen molar-refractivity contribution in [1.29, 1.82) is 0 Å². The highest BCUT2D eigenvalue weighted by molar-refractivity contribution is 5.78. The summed E-state index contributed by atoms with van der Waals surface area (Å²) >= 11 is 0. The molecular formula is C16H23FN2O. The Hall–Kier alpha value is -1.42. The highest BCUT2D eigenvalue weighted by atomic mass is 19.1. The van der Waals surface area contributed by atoms with Crippen molar-refractivity contribution in [2.24, 2.45) is 5.92 Å². The monoisotopic (exact) mass is 278 g/mol. The Kier molecular flexibility index (Phi) is 5.12. The number of nitrogens with one attached hydrogen (secondary N) is 1. The van der Waals surface area contributed by atoms with Gasteiger partial charge in [0, 0.05) is 6.54 Å². The summed E-state index contributed by atoms with van der Waals surface area (Å²) in [4.78, 5) is 14.1. The summed E-state index contributed by atoms with van der Waals surface area (Å²) in [6.07, 6.45) is 2.56. The third-order valence-electron chi connectivity index (χ3n) is 3.89. The van der Waals surface area contributed by atoms with E-state index in [1.54, 1.807) is 12.1 Å². The normalized spacial score (nSPS) is 15.9. The van der Waals surface area contributed by atoms with Crippen molar-refractivity contribution in [2.75, 3.05) is 19.6 Å². The van der Waals surface area contributed by atoms with Crippen LogP contribution in [0.25, 0.3) is 0 Å². The third kappa shape index (κ3) is 4.04. The number of rotatable bonds is 7. The molecule has 1 saturated carbocycles. The van der Waals surface area contributed by atoms with Crippen molar-refractivity contribution in [3.63, 3.8) is 0 Å². The molecule has 1 fully saturated rings. The molecule has 0 aliphatic heterocycles. The second-order valence-corrected chi connectivity index (χ2v) is 5.48. The zero-order valence-electron chi connectivity index (χ0n) is 12.2. The van der Waals surface area contributed by atoms with Crippen LogP contribution in [0.4, 0.5) is 4.39 Å². The average Bonchev–Trinajstić information content (AvgIpc) is 3.24. The number of carbonyl (C=O) groups excluding carboxylic acids is 1. The molecule has 110 valence electrons. The Morgan fingerprint density at radius 3 is 2.60 bits per heavy atom. The molecule has 1 amide bonds. The van der Waals surface area contributed by atoms with Crippen molar-refractivity contribution in [1.82, 2.24) is 10.2 Å². The molecule has 1 N–H and O–H groups in total. The van der Waals surface area contributed by atoms with Crippen LogP contribution in [0, 0.1) is 11.7 Å². The number of carbonyl (C=O) groups is 1. The van der Waals surface area contributed by atoms with E-state index in [9.17, 15) is 9.18 Å². The minimum absolute atomic E-state index is 0.0316. The summed E-state index contributed by atoms with van der Waals surface area (Å²) < 4.78 is 12.9. The van der Waals surface area contributed by atoms with Gasteiger partial charge in [-0.3, -0.25) is 4.79 Å². The molecule has 0 aromatic heterocycles. The van der Waals surface area contributed by atoms with Gasteiger partial charge >= 0.3 is 0 Å². The topological polar surface area (TPSA) is 32.3 Å². The van der Waals surface area contributed by atoms with Gasteiger partial charge in [-0.1, -0.05) is 12.1 Å². The zero-order chi connectivity index (χ0) is 14.5. The fraction of sp³-hybridized carbons (Fsp3) is 0.562. The standard InChI is InChI=1S/C16H23FN2O/c1-3-19(16(20)11-18-10-13-4-5-13)12(2)14-6-8-15(17)9-7-14/h6-9,12-13,18H,3-5,10-11H2,1-2H3. The lowest BCUT2D eigenvalue weighted by Gasteiger charge is -2.28. The zero-order valence-corrected chi connectivity index (χ0v) is 12.2. The number of benzene rings is 1. The molecule has 1 aromatic rings. The number of hydrogen-bond donors (Lipinski definition) is 1. The molecular weight excluding hydrogens is 255 g/mol. The summed E-state index contributed by atoms with van der Waals surface area (Å²) in [6.45, 7) is 5.93. The maximum atomic E-state index is 12.9. The molecule has 20 heavy (non-hydrogen) atoms. The Morgan fingerprint density at radius 1 is 1.40 bits per heavy atom. The quantitative estimate of drug-likeness (QED) is 0.831. The fourth-order valence-electron chi connectivity index (χ4n) is 2.39. The van der Waals surface area contributed by atoms with Crippen molar-refractivity contribution in [3.8, 4) is 0 Å². The van der Waals surface area contributed by atoms with Crippen LogP contribution >= 0.6 is 0 Å². The Balaban J connectivity index is 1.90. The number of likely N-dealkylation sites (N-methyl/N-ethyl adjacent to an activating group) is 1. The molecule has 0 heterocycles. The summed E-state index contributed by atoms with van der Waals surface area (Å²) in [6, 6.07) is 6.34. The first-order chi connectivity index (χ1) is 9.61. The summed E-state index contributed by atoms with van der Waals surface area (Å²) in [5.74, 6) is 0.624. The van der Waals surface area contributed by atoms with Crippen molar-refractivity contribution in [3.05, 3.63) is 35.6 Å². The van der Waals surface area contributed by atoms with Crippen molar-refractivity contribution in [2.45, 2.75) is 32.7 Å². The molecule has 1 aliphatic carbocycles. The van der Waals surface area contributed by atoms with Gasteiger partial charge in [0.25, 0.3) is 0 Å². The van der Waals surface area contributed by atoms with Crippen LogP contribution in [-0.2, 0) is 4.79 Å². The van der Waals surface area contributed by atoms with E-state index in [1.165, 1.54) is 25.0 Å². The second-order valence-electron chi connectivity index (χ2n) is 5.48. The minimum atomic E-state index is -0.249. The van der Waals surface area contributed by atoms with Gasteiger partial charge in [-0.25, -0.2) is 4.39 Å². The van der Waals surface area contributed by atoms with Gasteiger partial charge in [-0.15, -0.1) is 0 Å². The molecule has 0 saturated heterocycles. The van der Waals surface area contributed by atoms with Gasteiger partial charge < -0.3 is 10.2 Å². The van der Waals surface area contributed by atoms with E-state index in [0.717, 1.165) is 18.0 Å². The average molecular weight is 278 g/mol. The van der Waals surface area contributed by atoms with Crippen LogP contribution < -0.4 is 5.32 Å². The molecule has 1 atom stereocenters. The van der Waals surface area contributed by atoms with Crippen LogP contribution in [0.15, 0.2) is 24.3 Å². The Bertz CT molecular complexity index is 442. The van der Waals surface area contributed by atoms with Crippen LogP contribution in [0.3, 0.4) is 0 Å². The molecule has 2 rings (SSSR count). The molecule has 0 spiro atoms. The molecule has 3 nitrogen and oxygen atoms in total. The van der Waals surface area contributed by atoms with E-state index in [0.29, 0.717) is 13.1 Å². The lowest BCUT2D eigenvalue weighted by Crippen LogP contribution is -2.40. The fourth-order valence-corrected chi connectivity index (χ4v) is 2.39. The number of halogens is 1. The second kappa shape index (κ2) is 6.84. The number of amides is 1. The van der Waals surface area contributed by atoms with Crippen LogP contribution in [0.5, 0.6) is 0 Å². The lowest BCUT2D eigenvalue weighted by molar-refractivity contribution is -0.132. The first-order valence-corrected chi connectivity index (χ1v) is 7.37. The summed E-state index contributed by atoms with van der Waals surface area (Å²) in [7, 11) is 0. The predicted octanol–water partition coefficient (Wildman–Crippen LogP) is 2.73. The van der Waals surface area contributed by atoms with Gasteiger partial charge in [0.05, 0.1) is 12.6 Å². The largest absolute Gasteiger partial charge is 0.335 e. The van der Waals surface area contributed by atoms with Crippen molar-refractivity contribution < 1.29 is 9.18 Å². The SMILES string of the molecule is CCN(C(=O)CNCC1CC1)C(C)c1ccc(F)cc1. The molecule has 4 heteroatoms. The maximum Gasteiger partial charge on any atom is 0.237 e. The van der Waals surface area contributed by atoms with Crippen LogP contribution in [0.2, 0.25) is 0 Å². The van der Waals surface area contributed by atoms with E-state index >= 15 is 0 Å². The Labute approximate surface area is 120 Å². The first kappa shape index (κ1) is 15.0. The first-order valence-electron chi connectivity index (χ1n) is 7.37. The highest BCUT2D eigenvalue weighted by Crippen LogP contribution is 2.27. The molecule has 0 bridgehead atoms. The van der Waals surface area contributed by atoms with Gasteiger partial charge in [0.15, 0.2) is 0 Å². The molecule has 1 unspecified atom stereocenters. The van der Waals surface area contributed by atoms with Gasteiger partial charge in [0.2, 0.25) is 5.91 Å². The van der Waals surface area contributed by atoms with Gasteiger partial charge in [-0.2, -0.15) is 0 Å². The number of hydrogen-bond acceptors (Lipinski definition) is 2. The molecule has 1 aromatic carbocycles. The smallest absolute Gasteiger partial charge is 0.237 e. The van der Waals surface area contributed by atoms with Crippen LogP contribution in [0.1, 0.15) is 38.3 Å². The van der Waals surface area contributed by atoms with E-state index < -0.39 is 0 Å². The van der Waals surface area contributed by atoms with Gasteiger partial charge in [-0.05, 0) is 56.8 Å². The third-order valence-corrected chi connectivity index (χ3v) is 3.89. The molecule has 0 radical (unpaired) electrons. The lowest BCUT2D eigenvalue weighted by atomic mass is 10.1.